The van der Waals surface area contributed by atoms with E-state index in [-0.39, 0.29) is 42.5 Å². The average molecular weight is 418 g/mol. The number of alkyl halides is 2. The summed E-state index contributed by atoms with van der Waals surface area (Å²) < 4.78 is 30.4. The number of hydrogen-bond acceptors (Lipinski definition) is 5. The van der Waals surface area contributed by atoms with E-state index in [0.29, 0.717) is 22.2 Å². The molecule has 0 aliphatic rings. The van der Waals surface area contributed by atoms with Gasteiger partial charge in [-0.25, -0.2) is 0 Å². The van der Waals surface area contributed by atoms with Crippen LogP contribution in [0.3, 0.4) is 0 Å². The van der Waals surface area contributed by atoms with Crippen molar-refractivity contribution in [1.82, 2.24) is 9.88 Å². The molecule has 3 rings (SSSR count). The van der Waals surface area contributed by atoms with E-state index in [1.807, 2.05) is 0 Å². The molecule has 7 nitrogen and oxygen atoms in total. The summed E-state index contributed by atoms with van der Waals surface area (Å²) in [6.07, 6.45) is -0.0484. The van der Waals surface area contributed by atoms with Gasteiger partial charge in [0.15, 0.2) is 0 Å². The Labute approximate surface area is 170 Å². The molecule has 0 unspecified atom stereocenters. The summed E-state index contributed by atoms with van der Waals surface area (Å²) in [4.78, 5) is 25.3. The van der Waals surface area contributed by atoms with Gasteiger partial charge >= 0.3 is 6.61 Å². The van der Waals surface area contributed by atoms with Crippen LogP contribution < -0.4 is 10.1 Å². The van der Waals surface area contributed by atoms with Crippen molar-refractivity contribution >= 4 is 22.7 Å². The van der Waals surface area contributed by atoms with Crippen LogP contribution in [0.15, 0.2) is 42.5 Å². The van der Waals surface area contributed by atoms with Gasteiger partial charge in [-0.15, -0.1) is 0 Å². The quantitative estimate of drug-likeness (QED) is 0.548. The van der Waals surface area contributed by atoms with E-state index in [1.54, 1.807) is 13.0 Å². The molecule has 0 aliphatic heterocycles. The van der Waals surface area contributed by atoms with Gasteiger partial charge in [0.25, 0.3) is 5.91 Å². The van der Waals surface area contributed by atoms with E-state index in [9.17, 15) is 23.5 Å². The molecule has 3 aromatic rings. The van der Waals surface area contributed by atoms with Crippen molar-refractivity contribution in [2.45, 2.75) is 20.0 Å². The van der Waals surface area contributed by atoms with Crippen LogP contribution >= 0.6 is 0 Å². The minimum atomic E-state index is -2.96. The maximum absolute atomic E-state index is 13.1. The first-order valence-electron chi connectivity index (χ1n) is 9.12. The third kappa shape index (κ3) is 4.41. The number of aromatic nitrogens is 1. The molecular formula is C21H20F2N2O5. The number of carbonyl (C=O) groups is 2. The number of hydrogen-bond donors (Lipinski definition) is 3. The highest BCUT2D eigenvalue weighted by Gasteiger charge is 2.22. The smallest absolute Gasteiger partial charge is 0.387 e. The second kappa shape index (κ2) is 8.91. The fourth-order valence-electron chi connectivity index (χ4n) is 3.28. The number of aliphatic hydroxyl groups is 1. The Kier molecular flexibility index (Phi) is 6.31. The number of aliphatic hydroxyl groups excluding tert-OH is 1. The summed E-state index contributed by atoms with van der Waals surface area (Å²) in [6, 6.07) is 9.77. The van der Waals surface area contributed by atoms with E-state index in [0.717, 1.165) is 0 Å². The van der Waals surface area contributed by atoms with Crippen LogP contribution in [0.1, 0.15) is 21.6 Å². The van der Waals surface area contributed by atoms with Crippen LogP contribution in [-0.4, -0.2) is 46.4 Å². The summed E-state index contributed by atoms with van der Waals surface area (Å²) in [5, 5.41) is 21.9. The van der Waals surface area contributed by atoms with Gasteiger partial charge in [-0.05, 0) is 55.0 Å². The van der Waals surface area contributed by atoms with Crippen LogP contribution in [0, 0.1) is 6.92 Å². The maximum atomic E-state index is 13.1. The average Bonchev–Trinajstić information content (AvgIpc) is 2.97. The summed E-state index contributed by atoms with van der Waals surface area (Å²) >= 11 is 0. The van der Waals surface area contributed by atoms with Crippen molar-refractivity contribution in [3.8, 4) is 11.5 Å². The van der Waals surface area contributed by atoms with Crippen LogP contribution in [0.5, 0.6) is 11.5 Å². The molecule has 1 aromatic heterocycles. The van der Waals surface area contributed by atoms with E-state index in [1.165, 1.54) is 41.0 Å². The number of fused-ring (bicyclic) bond motifs is 1. The summed E-state index contributed by atoms with van der Waals surface area (Å²) in [6.45, 7) is -1.38. The number of phenols is 1. The lowest BCUT2D eigenvalue weighted by Gasteiger charge is -2.09. The van der Waals surface area contributed by atoms with Gasteiger partial charge in [-0.3, -0.25) is 14.2 Å². The number of benzene rings is 2. The molecule has 158 valence electrons. The minimum Gasteiger partial charge on any atom is -0.508 e. The van der Waals surface area contributed by atoms with Crippen molar-refractivity contribution < 1.29 is 33.3 Å². The number of aromatic hydroxyl groups is 1. The Balaban J connectivity index is 2.02. The van der Waals surface area contributed by atoms with Gasteiger partial charge < -0.3 is 20.3 Å². The van der Waals surface area contributed by atoms with E-state index < -0.39 is 12.5 Å². The van der Waals surface area contributed by atoms with E-state index >= 15 is 0 Å². The predicted molar refractivity (Wildman–Crippen MR) is 105 cm³/mol. The van der Waals surface area contributed by atoms with Gasteiger partial charge in [0.2, 0.25) is 5.91 Å². The Morgan fingerprint density at radius 2 is 1.87 bits per heavy atom. The van der Waals surface area contributed by atoms with Crippen LogP contribution in [0.25, 0.3) is 10.9 Å². The molecular weight excluding hydrogens is 398 g/mol. The molecule has 30 heavy (non-hydrogen) atoms. The SMILES string of the molecule is Cc1c(CC(=O)NCCO)c2cc(O)ccc2n1C(=O)c1ccc(OC(F)F)cc1. The number of nitrogens with one attached hydrogen (secondary N) is 1. The maximum Gasteiger partial charge on any atom is 0.387 e. The summed E-state index contributed by atoms with van der Waals surface area (Å²) in [5.74, 6) is -0.844. The first-order chi connectivity index (χ1) is 14.3. The Hall–Kier alpha value is -3.46. The minimum absolute atomic E-state index is 0.0161. The number of ether oxygens (including phenoxy) is 1. The Bertz CT molecular complexity index is 1080. The lowest BCUT2D eigenvalue weighted by Crippen LogP contribution is -2.28. The largest absolute Gasteiger partial charge is 0.508 e. The van der Waals surface area contributed by atoms with Gasteiger partial charge in [0.05, 0.1) is 18.5 Å². The Morgan fingerprint density at radius 1 is 1.17 bits per heavy atom. The van der Waals surface area contributed by atoms with E-state index in [2.05, 4.69) is 10.1 Å². The zero-order valence-electron chi connectivity index (χ0n) is 16.1. The van der Waals surface area contributed by atoms with Crippen molar-refractivity contribution in [2.24, 2.45) is 0 Å². The number of carbonyl (C=O) groups excluding carboxylic acids is 2. The third-order valence-electron chi connectivity index (χ3n) is 4.62. The van der Waals surface area contributed by atoms with Gasteiger partial charge in [-0.2, -0.15) is 8.78 Å². The summed E-state index contributed by atoms with van der Waals surface area (Å²) in [5.41, 5.74) is 1.80. The highest BCUT2D eigenvalue weighted by atomic mass is 19.3. The fraction of sp³-hybridized carbons (Fsp3) is 0.238. The number of halogens is 2. The highest BCUT2D eigenvalue weighted by Crippen LogP contribution is 2.30. The Morgan fingerprint density at radius 3 is 2.50 bits per heavy atom. The molecule has 0 saturated heterocycles. The standard InChI is InChI=1S/C21H20F2N2O5/c1-12-16(11-19(28)24-8-9-26)17-10-14(27)4-7-18(17)25(12)20(29)13-2-5-15(6-3-13)30-21(22)23/h2-7,10,21,26-27H,8-9,11H2,1H3,(H,24,28). The molecule has 9 heteroatoms. The predicted octanol–water partition coefficient (Wildman–Crippen LogP) is 2.60. The highest BCUT2D eigenvalue weighted by molar-refractivity contribution is 6.05. The normalized spacial score (nSPS) is 11.1. The number of amides is 1. The number of rotatable bonds is 7. The molecule has 1 heterocycles. The number of phenolic OH excluding ortho intramolecular Hbond substituents is 1. The fourth-order valence-corrected chi connectivity index (χ4v) is 3.28. The topological polar surface area (TPSA) is 101 Å². The molecule has 0 bridgehead atoms. The van der Waals surface area contributed by atoms with Crippen molar-refractivity contribution in [1.29, 1.82) is 0 Å². The molecule has 0 saturated carbocycles. The van der Waals surface area contributed by atoms with Crippen LogP contribution in [0.2, 0.25) is 0 Å². The van der Waals surface area contributed by atoms with Crippen LogP contribution in [-0.2, 0) is 11.2 Å². The lowest BCUT2D eigenvalue weighted by molar-refractivity contribution is -0.120. The first kappa shape index (κ1) is 21.3. The molecule has 2 aromatic carbocycles. The van der Waals surface area contributed by atoms with Gasteiger partial charge in [0, 0.05) is 23.2 Å². The lowest BCUT2D eigenvalue weighted by atomic mass is 10.1. The second-order valence-corrected chi connectivity index (χ2v) is 6.56. The summed E-state index contributed by atoms with van der Waals surface area (Å²) in [7, 11) is 0. The third-order valence-corrected chi connectivity index (χ3v) is 4.62. The zero-order valence-corrected chi connectivity index (χ0v) is 16.1. The molecule has 0 fully saturated rings. The molecule has 3 N–H and O–H groups in total. The first-order valence-corrected chi connectivity index (χ1v) is 9.12. The number of nitrogens with zero attached hydrogens (tertiary/aromatic N) is 1. The van der Waals surface area contributed by atoms with E-state index in [4.69, 9.17) is 5.11 Å². The molecule has 1 amide bonds. The van der Waals surface area contributed by atoms with Crippen molar-refractivity contribution in [3.05, 3.63) is 59.3 Å². The van der Waals surface area contributed by atoms with Crippen LogP contribution in [0.4, 0.5) is 8.78 Å². The molecule has 0 atom stereocenters. The molecule has 0 aliphatic carbocycles. The molecule has 0 spiro atoms. The second-order valence-electron chi connectivity index (χ2n) is 6.56. The van der Waals surface area contributed by atoms with Crippen molar-refractivity contribution in [2.75, 3.05) is 13.2 Å². The van der Waals surface area contributed by atoms with Crippen molar-refractivity contribution in [3.63, 3.8) is 0 Å². The van der Waals surface area contributed by atoms with Gasteiger partial charge in [0.1, 0.15) is 11.5 Å². The zero-order chi connectivity index (χ0) is 21.8. The molecule has 0 radical (unpaired) electrons. The monoisotopic (exact) mass is 418 g/mol. The van der Waals surface area contributed by atoms with Gasteiger partial charge in [-0.1, -0.05) is 0 Å².